The molecule has 0 saturated carbocycles. The molecule has 0 bridgehead atoms. The summed E-state index contributed by atoms with van der Waals surface area (Å²) in [5.74, 6) is 0.148. The van der Waals surface area contributed by atoms with Crippen molar-refractivity contribution in [1.29, 1.82) is 0 Å². The minimum Gasteiger partial charge on any atom is -0.369 e. The number of nitrogens with two attached hydrogens (primary N) is 1. The van der Waals surface area contributed by atoms with Gasteiger partial charge < -0.3 is 10.6 Å². The molecule has 1 fully saturated rings. The Bertz CT molecular complexity index is 279. The number of amides is 2. The fourth-order valence-electron chi connectivity index (χ4n) is 1.70. The van der Waals surface area contributed by atoms with Crippen LogP contribution in [-0.2, 0) is 9.59 Å². The Hall–Kier alpha value is -1.06. The molecule has 2 amide bonds. The van der Waals surface area contributed by atoms with E-state index in [0.717, 1.165) is 25.9 Å². The van der Waals surface area contributed by atoms with E-state index in [4.69, 9.17) is 5.73 Å². The van der Waals surface area contributed by atoms with Gasteiger partial charge in [0.1, 0.15) is 0 Å². The molecule has 16 heavy (non-hydrogen) atoms. The van der Waals surface area contributed by atoms with E-state index >= 15 is 0 Å². The Morgan fingerprint density at radius 2 is 1.81 bits per heavy atom. The van der Waals surface area contributed by atoms with Crippen LogP contribution < -0.4 is 5.73 Å². The van der Waals surface area contributed by atoms with Crippen LogP contribution in [0.3, 0.4) is 0 Å². The Kier molecular flexibility index (Phi) is 3.94. The summed E-state index contributed by atoms with van der Waals surface area (Å²) in [5, 5.41) is 0. The molecule has 0 aliphatic carbocycles. The number of hydrogen-bond acceptors (Lipinski definition) is 2. The molecular formula is C12H21N2O2. The van der Waals surface area contributed by atoms with Gasteiger partial charge in [-0.25, -0.2) is 0 Å². The molecule has 0 aromatic carbocycles. The highest BCUT2D eigenvalue weighted by molar-refractivity contribution is 5.94. The van der Waals surface area contributed by atoms with Crippen molar-refractivity contribution >= 4 is 11.8 Å². The van der Waals surface area contributed by atoms with Crippen LogP contribution in [-0.4, -0.2) is 29.8 Å². The molecule has 0 spiro atoms. The van der Waals surface area contributed by atoms with Gasteiger partial charge in [0.15, 0.2) is 0 Å². The quantitative estimate of drug-likeness (QED) is 0.777. The van der Waals surface area contributed by atoms with Crippen LogP contribution in [0.15, 0.2) is 0 Å². The van der Waals surface area contributed by atoms with Gasteiger partial charge in [-0.1, -0.05) is 20.8 Å². The van der Waals surface area contributed by atoms with Gasteiger partial charge in [-0.2, -0.15) is 0 Å². The van der Waals surface area contributed by atoms with Gasteiger partial charge in [-0.15, -0.1) is 0 Å². The summed E-state index contributed by atoms with van der Waals surface area (Å²) in [6.07, 6.45) is 3.51. The second kappa shape index (κ2) is 4.85. The summed E-state index contributed by atoms with van der Waals surface area (Å²) >= 11 is 0. The highest BCUT2D eigenvalue weighted by atomic mass is 16.2. The number of carbonyl (C=O) groups is 2. The maximum absolute atomic E-state index is 11.9. The van der Waals surface area contributed by atoms with E-state index in [2.05, 4.69) is 6.92 Å². The van der Waals surface area contributed by atoms with Crippen LogP contribution in [0.4, 0.5) is 0 Å². The SMILES string of the molecule is CC1CCN(C(=O)[CH]C(C)(C)C(N)=O)CC1. The zero-order valence-electron chi connectivity index (χ0n) is 10.3. The maximum Gasteiger partial charge on any atom is 0.227 e. The summed E-state index contributed by atoms with van der Waals surface area (Å²) in [6.45, 7) is 7.09. The molecule has 4 heteroatoms. The van der Waals surface area contributed by atoms with Crippen LogP contribution in [0.5, 0.6) is 0 Å². The van der Waals surface area contributed by atoms with E-state index in [1.165, 1.54) is 6.42 Å². The second-order valence-corrected chi connectivity index (χ2v) is 5.24. The number of nitrogens with zero attached hydrogens (tertiary/aromatic N) is 1. The minimum absolute atomic E-state index is 0.0734. The third kappa shape index (κ3) is 3.22. The van der Waals surface area contributed by atoms with Crippen molar-refractivity contribution in [2.45, 2.75) is 33.6 Å². The van der Waals surface area contributed by atoms with E-state index in [1.54, 1.807) is 18.7 Å². The van der Waals surface area contributed by atoms with E-state index in [-0.39, 0.29) is 5.91 Å². The highest BCUT2D eigenvalue weighted by Gasteiger charge is 2.31. The van der Waals surface area contributed by atoms with E-state index in [0.29, 0.717) is 5.92 Å². The first-order valence-electron chi connectivity index (χ1n) is 5.77. The standard InChI is InChI=1S/C12H21N2O2/c1-9-4-6-14(7-5-9)10(15)8-12(2,3)11(13)16/h8-9H,4-7H2,1-3H3,(H2,13,16). The molecule has 1 radical (unpaired) electrons. The number of piperidine rings is 1. The Morgan fingerprint density at radius 3 is 2.25 bits per heavy atom. The molecule has 0 atom stereocenters. The zero-order valence-corrected chi connectivity index (χ0v) is 10.3. The van der Waals surface area contributed by atoms with E-state index in [1.807, 2.05) is 0 Å². The number of primary amides is 1. The molecule has 1 aliphatic heterocycles. The van der Waals surface area contributed by atoms with Gasteiger partial charge in [0, 0.05) is 13.1 Å². The number of rotatable bonds is 3. The van der Waals surface area contributed by atoms with E-state index in [9.17, 15) is 9.59 Å². The summed E-state index contributed by atoms with van der Waals surface area (Å²) in [4.78, 5) is 24.8. The predicted octanol–water partition coefficient (Wildman–Crippen LogP) is 0.961. The third-order valence-electron chi connectivity index (χ3n) is 3.21. The van der Waals surface area contributed by atoms with Crippen molar-refractivity contribution in [3.05, 3.63) is 6.42 Å². The Morgan fingerprint density at radius 1 is 1.31 bits per heavy atom. The van der Waals surface area contributed by atoms with Crippen molar-refractivity contribution in [1.82, 2.24) is 4.90 Å². The molecule has 1 saturated heterocycles. The first kappa shape index (κ1) is 13.0. The lowest BCUT2D eigenvalue weighted by Gasteiger charge is -2.32. The molecule has 91 valence electrons. The van der Waals surface area contributed by atoms with Gasteiger partial charge in [0.2, 0.25) is 11.8 Å². The molecule has 0 aromatic heterocycles. The van der Waals surface area contributed by atoms with Crippen molar-refractivity contribution in [2.75, 3.05) is 13.1 Å². The first-order valence-corrected chi connectivity index (χ1v) is 5.77. The van der Waals surface area contributed by atoms with Crippen molar-refractivity contribution < 1.29 is 9.59 Å². The third-order valence-corrected chi connectivity index (χ3v) is 3.21. The van der Waals surface area contributed by atoms with Gasteiger partial charge >= 0.3 is 0 Å². The lowest BCUT2D eigenvalue weighted by molar-refractivity contribution is -0.134. The Balaban J connectivity index is 2.50. The number of likely N-dealkylation sites (tertiary alicyclic amines) is 1. The molecule has 1 aliphatic rings. The lowest BCUT2D eigenvalue weighted by atomic mass is 9.87. The smallest absolute Gasteiger partial charge is 0.227 e. The average molecular weight is 225 g/mol. The second-order valence-electron chi connectivity index (χ2n) is 5.24. The molecule has 1 heterocycles. The fraction of sp³-hybridized carbons (Fsp3) is 0.750. The normalized spacial score (nSPS) is 18.6. The minimum atomic E-state index is -0.861. The zero-order chi connectivity index (χ0) is 12.3. The molecular weight excluding hydrogens is 204 g/mol. The maximum atomic E-state index is 11.9. The van der Waals surface area contributed by atoms with Crippen LogP contribution in [0.2, 0.25) is 0 Å². The van der Waals surface area contributed by atoms with Crippen LogP contribution in [0.1, 0.15) is 33.6 Å². The first-order chi connectivity index (χ1) is 7.33. The molecule has 2 N–H and O–H groups in total. The van der Waals surface area contributed by atoms with Crippen LogP contribution in [0.25, 0.3) is 0 Å². The predicted molar refractivity (Wildman–Crippen MR) is 62.3 cm³/mol. The van der Waals surface area contributed by atoms with E-state index < -0.39 is 11.3 Å². The summed E-state index contributed by atoms with van der Waals surface area (Å²) in [5.41, 5.74) is 4.37. The van der Waals surface area contributed by atoms with Crippen molar-refractivity contribution in [3.8, 4) is 0 Å². The van der Waals surface area contributed by atoms with Gasteiger partial charge in [0.05, 0.1) is 11.8 Å². The van der Waals surface area contributed by atoms with Crippen molar-refractivity contribution in [2.24, 2.45) is 17.1 Å². The molecule has 0 unspecified atom stereocenters. The number of carbonyl (C=O) groups excluding carboxylic acids is 2. The molecule has 0 aromatic rings. The van der Waals surface area contributed by atoms with Crippen LogP contribution in [0, 0.1) is 17.8 Å². The average Bonchev–Trinajstić information content (AvgIpc) is 2.17. The summed E-state index contributed by atoms with van der Waals surface area (Å²) in [6, 6.07) is 0. The monoisotopic (exact) mass is 225 g/mol. The fourth-order valence-corrected chi connectivity index (χ4v) is 1.70. The number of hydrogen-bond donors (Lipinski definition) is 1. The van der Waals surface area contributed by atoms with Gasteiger partial charge in [0.25, 0.3) is 0 Å². The van der Waals surface area contributed by atoms with Crippen LogP contribution >= 0.6 is 0 Å². The Labute approximate surface area is 97.2 Å². The lowest BCUT2D eigenvalue weighted by Crippen LogP contribution is -2.43. The highest BCUT2D eigenvalue weighted by Crippen LogP contribution is 2.22. The van der Waals surface area contributed by atoms with Crippen molar-refractivity contribution in [3.63, 3.8) is 0 Å². The van der Waals surface area contributed by atoms with Gasteiger partial charge in [-0.3, -0.25) is 9.59 Å². The summed E-state index contributed by atoms with van der Waals surface area (Å²) < 4.78 is 0. The largest absolute Gasteiger partial charge is 0.369 e. The molecule has 1 rings (SSSR count). The summed E-state index contributed by atoms with van der Waals surface area (Å²) in [7, 11) is 0. The molecule has 4 nitrogen and oxygen atoms in total. The van der Waals surface area contributed by atoms with Gasteiger partial charge in [-0.05, 0) is 18.8 Å². The topological polar surface area (TPSA) is 63.4 Å².